The Morgan fingerprint density at radius 1 is 1.10 bits per heavy atom. The standard InChI is InChI=1S/C11H8Br2N2O5/c12-3-1-4(7(16)5(13)2-3)8(17)6-9(18)14-11(20)15-10(6)19/h1-2,8,16-17H,(H3,14,15,18,19,20)/t8-/m0/s1. The van der Waals surface area contributed by atoms with E-state index >= 15 is 0 Å². The van der Waals surface area contributed by atoms with Gasteiger partial charge in [-0.1, -0.05) is 15.9 Å². The van der Waals surface area contributed by atoms with Crippen LogP contribution < -0.4 is 11.2 Å². The Bertz CT molecular complexity index is 783. The summed E-state index contributed by atoms with van der Waals surface area (Å²) in [6.07, 6.45) is -1.62. The van der Waals surface area contributed by atoms with Gasteiger partial charge in [0.05, 0.1) is 4.47 Å². The molecule has 2 aromatic rings. The lowest BCUT2D eigenvalue weighted by Gasteiger charge is -2.14. The van der Waals surface area contributed by atoms with Gasteiger partial charge >= 0.3 is 5.69 Å². The number of benzene rings is 1. The van der Waals surface area contributed by atoms with Crippen LogP contribution in [0.4, 0.5) is 0 Å². The van der Waals surface area contributed by atoms with Crippen LogP contribution in [0.2, 0.25) is 0 Å². The lowest BCUT2D eigenvalue weighted by Crippen LogP contribution is -2.27. The number of aromatic amines is 2. The minimum Gasteiger partial charge on any atom is -0.506 e. The summed E-state index contributed by atoms with van der Waals surface area (Å²) in [5.41, 5.74) is -2.33. The summed E-state index contributed by atoms with van der Waals surface area (Å²) in [5, 5.41) is 29.7. The first-order valence-corrected chi connectivity index (χ1v) is 6.81. The number of aliphatic hydroxyl groups is 1. The van der Waals surface area contributed by atoms with Crippen LogP contribution in [0.3, 0.4) is 0 Å². The fourth-order valence-corrected chi connectivity index (χ4v) is 2.95. The highest BCUT2D eigenvalue weighted by Gasteiger charge is 2.24. The Morgan fingerprint density at radius 2 is 1.75 bits per heavy atom. The molecule has 1 heterocycles. The third kappa shape index (κ3) is 2.65. The Balaban J connectivity index is 2.67. The molecule has 0 aliphatic carbocycles. The van der Waals surface area contributed by atoms with Crippen molar-refractivity contribution in [2.45, 2.75) is 6.10 Å². The van der Waals surface area contributed by atoms with Crippen LogP contribution in [0.5, 0.6) is 11.6 Å². The summed E-state index contributed by atoms with van der Waals surface area (Å²) >= 11 is 6.27. The summed E-state index contributed by atoms with van der Waals surface area (Å²) < 4.78 is 0.831. The van der Waals surface area contributed by atoms with Crippen molar-refractivity contribution in [1.29, 1.82) is 0 Å². The highest BCUT2D eigenvalue weighted by Crippen LogP contribution is 2.37. The van der Waals surface area contributed by atoms with Gasteiger partial charge in [-0.15, -0.1) is 0 Å². The van der Waals surface area contributed by atoms with Crippen LogP contribution in [-0.2, 0) is 0 Å². The third-order valence-corrected chi connectivity index (χ3v) is 3.65. The molecular weight excluding hydrogens is 400 g/mol. The first kappa shape index (κ1) is 14.8. The molecule has 0 radical (unpaired) electrons. The molecule has 0 amide bonds. The predicted octanol–water partition coefficient (Wildman–Crippen LogP) is 1.08. The van der Waals surface area contributed by atoms with Gasteiger partial charge in [0.1, 0.15) is 17.4 Å². The summed E-state index contributed by atoms with van der Waals surface area (Å²) in [6.45, 7) is 0. The molecule has 1 aromatic heterocycles. The number of H-pyrrole nitrogens is 2. The number of phenols is 1. The smallest absolute Gasteiger partial charge is 0.328 e. The summed E-state index contributed by atoms with van der Waals surface area (Å²) in [5.74, 6) is -1.05. The average Bonchev–Trinajstić information content (AvgIpc) is 2.32. The molecular formula is C11H8Br2N2O5. The number of phenolic OH excluding ortho intramolecular Hbond substituents is 1. The molecule has 7 nitrogen and oxygen atoms in total. The third-order valence-electron chi connectivity index (χ3n) is 2.58. The summed E-state index contributed by atoms with van der Waals surface area (Å²) in [6, 6.07) is 2.93. The van der Waals surface area contributed by atoms with Gasteiger partial charge in [-0.05, 0) is 28.1 Å². The zero-order chi connectivity index (χ0) is 15.0. The lowest BCUT2D eigenvalue weighted by atomic mass is 10.0. The molecule has 0 bridgehead atoms. The summed E-state index contributed by atoms with van der Waals surface area (Å²) in [4.78, 5) is 26.5. The molecule has 20 heavy (non-hydrogen) atoms. The maximum atomic E-state index is 11.7. The maximum absolute atomic E-state index is 11.7. The van der Waals surface area contributed by atoms with Crippen LogP contribution in [0.25, 0.3) is 0 Å². The van der Waals surface area contributed by atoms with E-state index in [1.165, 1.54) is 6.07 Å². The second-order valence-corrected chi connectivity index (χ2v) is 5.67. The van der Waals surface area contributed by atoms with Crippen LogP contribution in [0.15, 0.2) is 30.7 Å². The molecule has 0 saturated carbocycles. The van der Waals surface area contributed by atoms with Crippen LogP contribution in [-0.4, -0.2) is 25.3 Å². The fourth-order valence-electron chi connectivity index (χ4n) is 1.69. The topological polar surface area (TPSA) is 126 Å². The van der Waals surface area contributed by atoms with E-state index < -0.39 is 28.8 Å². The van der Waals surface area contributed by atoms with Gasteiger partial charge in [0.25, 0.3) is 5.56 Å². The highest BCUT2D eigenvalue weighted by atomic mass is 79.9. The van der Waals surface area contributed by atoms with Crippen LogP contribution >= 0.6 is 31.9 Å². The van der Waals surface area contributed by atoms with E-state index in [0.29, 0.717) is 8.95 Å². The van der Waals surface area contributed by atoms with Gasteiger partial charge in [-0.2, -0.15) is 0 Å². The molecule has 5 N–H and O–H groups in total. The van der Waals surface area contributed by atoms with Crippen molar-refractivity contribution < 1.29 is 15.3 Å². The first-order valence-electron chi connectivity index (χ1n) is 5.22. The SMILES string of the molecule is O=c1[nH]c(O)c([C@@H](O)c2cc(Br)cc(Br)c2O)c(=O)[nH]1. The molecule has 0 aliphatic heterocycles. The van der Waals surface area contributed by atoms with E-state index in [1.54, 1.807) is 6.07 Å². The summed E-state index contributed by atoms with van der Waals surface area (Å²) in [7, 11) is 0. The largest absolute Gasteiger partial charge is 0.506 e. The highest BCUT2D eigenvalue weighted by molar-refractivity contribution is 9.11. The zero-order valence-electron chi connectivity index (χ0n) is 9.65. The molecule has 1 aromatic carbocycles. The first-order chi connectivity index (χ1) is 9.31. The quantitative estimate of drug-likeness (QED) is 0.509. The average molecular weight is 408 g/mol. The Labute approximate surface area is 128 Å². The Morgan fingerprint density at radius 3 is 2.35 bits per heavy atom. The van der Waals surface area contributed by atoms with Gasteiger partial charge in [0, 0.05) is 10.0 Å². The van der Waals surface area contributed by atoms with E-state index in [4.69, 9.17) is 0 Å². The number of halogens is 2. The fraction of sp³-hybridized carbons (Fsp3) is 0.0909. The van der Waals surface area contributed by atoms with Crippen LogP contribution in [0.1, 0.15) is 17.2 Å². The Kier molecular flexibility index (Phi) is 4.02. The van der Waals surface area contributed by atoms with E-state index in [-0.39, 0.29) is 11.3 Å². The van der Waals surface area contributed by atoms with Crippen molar-refractivity contribution in [3.63, 3.8) is 0 Å². The second kappa shape index (κ2) is 5.43. The molecule has 9 heteroatoms. The molecule has 1 atom stereocenters. The normalized spacial score (nSPS) is 12.3. The molecule has 0 fully saturated rings. The molecule has 0 aliphatic rings. The van der Waals surface area contributed by atoms with Crippen molar-refractivity contribution in [3.05, 3.63) is 53.0 Å². The number of nitrogens with one attached hydrogen (secondary N) is 2. The zero-order valence-corrected chi connectivity index (χ0v) is 12.8. The van der Waals surface area contributed by atoms with Crippen molar-refractivity contribution in [2.75, 3.05) is 0 Å². The van der Waals surface area contributed by atoms with Gasteiger partial charge in [-0.25, -0.2) is 4.79 Å². The van der Waals surface area contributed by atoms with Gasteiger partial charge in [0.2, 0.25) is 5.88 Å². The minimum absolute atomic E-state index is 0.0147. The lowest BCUT2D eigenvalue weighted by molar-refractivity contribution is 0.207. The van der Waals surface area contributed by atoms with E-state index in [2.05, 4.69) is 31.9 Å². The number of hydrogen-bond donors (Lipinski definition) is 5. The number of aromatic nitrogens is 2. The van der Waals surface area contributed by atoms with Crippen molar-refractivity contribution >= 4 is 31.9 Å². The molecule has 106 valence electrons. The van der Waals surface area contributed by atoms with Crippen molar-refractivity contribution in [2.24, 2.45) is 0 Å². The number of aromatic hydroxyl groups is 2. The number of hydrogen-bond acceptors (Lipinski definition) is 5. The monoisotopic (exact) mass is 406 g/mol. The van der Waals surface area contributed by atoms with Gasteiger partial charge in [0.15, 0.2) is 0 Å². The number of rotatable bonds is 2. The molecule has 0 saturated heterocycles. The Hall–Kier alpha value is -1.58. The van der Waals surface area contributed by atoms with E-state index in [9.17, 15) is 24.9 Å². The van der Waals surface area contributed by atoms with Crippen molar-refractivity contribution in [1.82, 2.24) is 9.97 Å². The van der Waals surface area contributed by atoms with Crippen molar-refractivity contribution in [3.8, 4) is 11.6 Å². The van der Waals surface area contributed by atoms with E-state index in [0.717, 1.165) is 0 Å². The molecule has 0 unspecified atom stereocenters. The maximum Gasteiger partial charge on any atom is 0.328 e. The molecule has 2 rings (SSSR count). The van der Waals surface area contributed by atoms with Gasteiger partial charge < -0.3 is 15.3 Å². The van der Waals surface area contributed by atoms with Crippen LogP contribution in [0, 0.1) is 0 Å². The number of aliphatic hydroxyl groups excluding tert-OH is 1. The molecule has 0 spiro atoms. The second-order valence-electron chi connectivity index (χ2n) is 3.90. The van der Waals surface area contributed by atoms with E-state index in [1.807, 2.05) is 9.97 Å². The van der Waals surface area contributed by atoms with Gasteiger partial charge in [-0.3, -0.25) is 14.8 Å². The predicted molar refractivity (Wildman–Crippen MR) is 76.9 cm³/mol. The minimum atomic E-state index is -1.62.